The average Bonchev–Trinajstić information content (AvgIpc) is 2.37. The minimum atomic E-state index is -0.671. The minimum Gasteiger partial charge on any atom is -0.504 e. The lowest BCUT2D eigenvalue weighted by atomic mass is 9.97. The van der Waals surface area contributed by atoms with E-state index in [1.807, 2.05) is 0 Å². The van der Waals surface area contributed by atoms with Crippen LogP contribution in [-0.4, -0.2) is 23.4 Å². The second kappa shape index (κ2) is 8.64. The highest BCUT2D eigenvalue weighted by molar-refractivity contribution is 9.10. The molecule has 0 aliphatic heterocycles. The van der Waals surface area contributed by atoms with Crippen LogP contribution in [0.5, 0.6) is 11.5 Å². The largest absolute Gasteiger partial charge is 0.504 e. The molecule has 0 bridgehead atoms. The van der Waals surface area contributed by atoms with E-state index in [0.717, 1.165) is 17.3 Å². The van der Waals surface area contributed by atoms with Crippen LogP contribution in [0.1, 0.15) is 37.8 Å². The lowest BCUT2D eigenvalue weighted by molar-refractivity contribution is 0.131. The zero-order valence-electron chi connectivity index (χ0n) is 11.1. The molecule has 0 aliphatic rings. The molecular weight excluding hydrogens is 334 g/mol. The summed E-state index contributed by atoms with van der Waals surface area (Å²) in [5, 5.41) is 20.0. The van der Waals surface area contributed by atoms with Crippen molar-refractivity contribution in [3.05, 3.63) is 22.2 Å². The SMILES string of the molecule is CCCC[C@H](O)[C@H](N)c1cc(Br)cc(OC)c1O.Cl. The minimum absolute atomic E-state index is 0. The number of nitrogens with two attached hydrogens (primary N) is 1. The molecule has 0 unspecified atom stereocenters. The quantitative estimate of drug-likeness (QED) is 0.733. The summed E-state index contributed by atoms with van der Waals surface area (Å²) in [6.07, 6.45) is 1.85. The van der Waals surface area contributed by atoms with Crippen molar-refractivity contribution in [3.63, 3.8) is 0 Å². The van der Waals surface area contributed by atoms with E-state index in [0.29, 0.717) is 17.7 Å². The van der Waals surface area contributed by atoms with Crippen molar-refractivity contribution in [3.8, 4) is 11.5 Å². The fourth-order valence-electron chi connectivity index (χ4n) is 1.80. The van der Waals surface area contributed by atoms with Gasteiger partial charge in [0.1, 0.15) is 0 Å². The number of phenols is 1. The predicted octanol–water partition coefficient (Wildman–Crippen LogP) is 3.14. The smallest absolute Gasteiger partial charge is 0.162 e. The summed E-state index contributed by atoms with van der Waals surface area (Å²) in [5.74, 6) is 0.335. The first-order valence-electron chi connectivity index (χ1n) is 6.01. The third-order valence-electron chi connectivity index (χ3n) is 2.92. The Labute approximate surface area is 128 Å². The van der Waals surface area contributed by atoms with Crippen LogP contribution in [-0.2, 0) is 0 Å². The van der Waals surface area contributed by atoms with E-state index in [4.69, 9.17) is 10.5 Å². The Bertz CT molecular complexity index is 404. The number of methoxy groups -OCH3 is 1. The molecule has 4 nitrogen and oxygen atoms in total. The van der Waals surface area contributed by atoms with Crippen LogP contribution >= 0.6 is 28.3 Å². The van der Waals surface area contributed by atoms with Crippen molar-refractivity contribution in [1.29, 1.82) is 0 Å². The van der Waals surface area contributed by atoms with Gasteiger partial charge >= 0.3 is 0 Å². The number of hydrogen-bond acceptors (Lipinski definition) is 4. The Hall–Kier alpha value is -0.490. The summed E-state index contributed by atoms with van der Waals surface area (Å²) < 4.78 is 5.82. The Balaban J connectivity index is 0.00000324. The molecule has 0 saturated heterocycles. The predicted molar refractivity (Wildman–Crippen MR) is 82.1 cm³/mol. The molecule has 110 valence electrons. The maximum absolute atomic E-state index is 10.0. The molecule has 0 amide bonds. The van der Waals surface area contributed by atoms with Gasteiger partial charge in [0.05, 0.1) is 19.3 Å². The fourth-order valence-corrected chi connectivity index (χ4v) is 2.26. The van der Waals surface area contributed by atoms with Crippen LogP contribution in [0, 0.1) is 0 Å². The van der Waals surface area contributed by atoms with Gasteiger partial charge in [-0.1, -0.05) is 35.7 Å². The summed E-state index contributed by atoms with van der Waals surface area (Å²) in [7, 11) is 1.48. The highest BCUT2D eigenvalue weighted by Gasteiger charge is 2.22. The molecule has 0 aliphatic carbocycles. The maximum atomic E-state index is 10.0. The van der Waals surface area contributed by atoms with Crippen LogP contribution in [0.4, 0.5) is 0 Å². The van der Waals surface area contributed by atoms with Crippen molar-refractivity contribution >= 4 is 28.3 Å². The first-order chi connectivity index (χ1) is 8.51. The van der Waals surface area contributed by atoms with E-state index in [2.05, 4.69) is 22.9 Å². The van der Waals surface area contributed by atoms with E-state index < -0.39 is 12.1 Å². The highest BCUT2D eigenvalue weighted by Crippen LogP contribution is 2.37. The van der Waals surface area contributed by atoms with Gasteiger partial charge < -0.3 is 20.7 Å². The van der Waals surface area contributed by atoms with Crippen molar-refractivity contribution in [1.82, 2.24) is 0 Å². The third kappa shape index (κ3) is 4.84. The van der Waals surface area contributed by atoms with Crippen LogP contribution in [0.3, 0.4) is 0 Å². The number of hydrogen-bond donors (Lipinski definition) is 3. The molecule has 0 radical (unpaired) electrons. The van der Waals surface area contributed by atoms with Gasteiger partial charge in [-0.25, -0.2) is 0 Å². The molecule has 0 aromatic heterocycles. The Morgan fingerprint density at radius 3 is 2.58 bits per heavy atom. The van der Waals surface area contributed by atoms with Gasteiger partial charge in [0.2, 0.25) is 0 Å². The molecule has 4 N–H and O–H groups in total. The number of benzene rings is 1. The molecule has 2 atom stereocenters. The molecule has 1 aromatic rings. The van der Waals surface area contributed by atoms with Crippen LogP contribution in [0.2, 0.25) is 0 Å². The van der Waals surface area contributed by atoms with Crippen molar-refractivity contribution in [2.45, 2.75) is 38.3 Å². The van der Waals surface area contributed by atoms with Gasteiger partial charge in [0.25, 0.3) is 0 Å². The Morgan fingerprint density at radius 2 is 2.05 bits per heavy atom. The van der Waals surface area contributed by atoms with Crippen molar-refractivity contribution in [2.75, 3.05) is 7.11 Å². The molecule has 0 heterocycles. The second-order valence-electron chi connectivity index (χ2n) is 4.28. The number of aliphatic hydroxyl groups is 1. The Morgan fingerprint density at radius 1 is 1.42 bits per heavy atom. The summed E-state index contributed by atoms with van der Waals surface area (Å²) in [6.45, 7) is 2.05. The Kier molecular flexibility index (Phi) is 8.41. The molecular formula is C13H21BrClNO3. The monoisotopic (exact) mass is 353 g/mol. The van der Waals surface area contributed by atoms with Crippen LogP contribution < -0.4 is 10.5 Å². The summed E-state index contributed by atoms with van der Waals surface area (Å²) in [4.78, 5) is 0. The molecule has 0 saturated carbocycles. The molecule has 1 rings (SSSR count). The number of halogens is 2. The number of ether oxygens (including phenoxy) is 1. The number of unbranched alkanes of at least 4 members (excludes halogenated alkanes) is 1. The van der Waals surface area contributed by atoms with E-state index in [-0.39, 0.29) is 18.2 Å². The molecule has 1 aromatic carbocycles. The first-order valence-corrected chi connectivity index (χ1v) is 6.80. The topological polar surface area (TPSA) is 75.7 Å². The fraction of sp³-hybridized carbons (Fsp3) is 0.538. The molecule has 0 fully saturated rings. The zero-order valence-corrected chi connectivity index (χ0v) is 13.5. The summed E-state index contributed by atoms with van der Waals surface area (Å²) in [5.41, 5.74) is 6.48. The standard InChI is InChI=1S/C13H20BrNO3.ClH/c1-3-4-5-10(16)12(15)9-6-8(14)7-11(18-2)13(9)17;/h6-7,10,12,16-17H,3-5,15H2,1-2H3;1H/t10-,12+;/m0./s1. The molecule has 0 spiro atoms. The van der Waals surface area contributed by atoms with Crippen LogP contribution in [0.15, 0.2) is 16.6 Å². The molecule has 6 heteroatoms. The highest BCUT2D eigenvalue weighted by atomic mass is 79.9. The van der Waals surface area contributed by atoms with Crippen molar-refractivity contribution < 1.29 is 14.9 Å². The lowest BCUT2D eigenvalue weighted by Gasteiger charge is -2.21. The van der Waals surface area contributed by atoms with Gasteiger partial charge in [-0.05, 0) is 18.6 Å². The van der Waals surface area contributed by atoms with Gasteiger partial charge in [-0.15, -0.1) is 12.4 Å². The number of aromatic hydroxyl groups is 1. The number of aliphatic hydroxyl groups excluding tert-OH is 1. The number of rotatable bonds is 6. The van der Waals surface area contributed by atoms with Gasteiger partial charge in [0.15, 0.2) is 11.5 Å². The van der Waals surface area contributed by atoms with Gasteiger partial charge in [-0.3, -0.25) is 0 Å². The lowest BCUT2D eigenvalue weighted by Crippen LogP contribution is -2.26. The number of phenolic OH excluding ortho intramolecular Hbond substituents is 1. The van der Waals surface area contributed by atoms with E-state index in [9.17, 15) is 10.2 Å². The second-order valence-corrected chi connectivity index (χ2v) is 5.20. The van der Waals surface area contributed by atoms with Gasteiger partial charge in [-0.2, -0.15) is 0 Å². The van der Waals surface area contributed by atoms with Crippen molar-refractivity contribution in [2.24, 2.45) is 5.73 Å². The van der Waals surface area contributed by atoms with E-state index >= 15 is 0 Å². The zero-order chi connectivity index (χ0) is 13.7. The summed E-state index contributed by atoms with van der Waals surface area (Å²) in [6, 6.07) is 2.74. The first kappa shape index (κ1) is 18.5. The normalized spacial score (nSPS) is 13.5. The average molecular weight is 355 g/mol. The molecule has 19 heavy (non-hydrogen) atoms. The van der Waals surface area contributed by atoms with E-state index in [1.54, 1.807) is 12.1 Å². The van der Waals surface area contributed by atoms with Crippen LogP contribution in [0.25, 0.3) is 0 Å². The van der Waals surface area contributed by atoms with Gasteiger partial charge in [0, 0.05) is 10.0 Å². The van der Waals surface area contributed by atoms with E-state index in [1.165, 1.54) is 7.11 Å². The maximum Gasteiger partial charge on any atom is 0.162 e. The third-order valence-corrected chi connectivity index (χ3v) is 3.37. The summed E-state index contributed by atoms with van der Waals surface area (Å²) >= 11 is 3.33.